The number of alkyl halides is 1. The first-order valence-electron chi connectivity index (χ1n) is 11.7. The second-order valence-corrected chi connectivity index (χ2v) is 9.15. The topological polar surface area (TPSA) is 53.0 Å². The Morgan fingerprint density at radius 2 is 1.85 bits per heavy atom. The van der Waals surface area contributed by atoms with Crippen molar-refractivity contribution < 1.29 is 4.39 Å². The molecule has 1 atom stereocenters. The van der Waals surface area contributed by atoms with Gasteiger partial charge in [0, 0.05) is 48.3 Å². The van der Waals surface area contributed by atoms with Gasteiger partial charge in [-0.05, 0) is 62.3 Å². The highest BCUT2D eigenvalue weighted by atomic mass is 19.1. The van der Waals surface area contributed by atoms with Gasteiger partial charge in [-0.1, -0.05) is 30.3 Å². The fourth-order valence-electron chi connectivity index (χ4n) is 4.96. The summed E-state index contributed by atoms with van der Waals surface area (Å²) in [7, 11) is 2.20. The molecule has 7 heteroatoms. The van der Waals surface area contributed by atoms with Crippen molar-refractivity contribution in [3.63, 3.8) is 0 Å². The molecule has 0 radical (unpaired) electrons. The summed E-state index contributed by atoms with van der Waals surface area (Å²) < 4.78 is 17.0. The number of nitrogens with zero attached hydrogens (tertiary/aromatic N) is 5. The Balaban J connectivity index is 1.15. The quantitative estimate of drug-likeness (QED) is 0.440. The van der Waals surface area contributed by atoms with Gasteiger partial charge in [-0.2, -0.15) is 0 Å². The van der Waals surface area contributed by atoms with E-state index >= 15 is 4.39 Å². The molecule has 4 aromatic rings. The highest BCUT2D eigenvalue weighted by Crippen LogP contribution is 2.24. The lowest BCUT2D eigenvalue weighted by molar-refractivity contribution is 0.103. The zero-order valence-corrected chi connectivity index (χ0v) is 19.1. The van der Waals surface area contributed by atoms with Crippen molar-refractivity contribution in [1.82, 2.24) is 29.5 Å². The van der Waals surface area contributed by atoms with Crippen LogP contribution in [0, 0.1) is 0 Å². The van der Waals surface area contributed by atoms with Crippen LogP contribution in [0.25, 0.3) is 16.6 Å². The number of hydrogen-bond donors (Lipinski definition) is 1. The lowest BCUT2D eigenvalue weighted by Gasteiger charge is -2.37. The van der Waals surface area contributed by atoms with Crippen molar-refractivity contribution in [2.75, 3.05) is 26.7 Å². The molecule has 0 spiro atoms. The predicted molar refractivity (Wildman–Crippen MR) is 129 cm³/mol. The van der Waals surface area contributed by atoms with Crippen LogP contribution in [0.15, 0.2) is 67.4 Å². The lowest BCUT2D eigenvalue weighted by Crippen LogP contribution is -2.45. The van der Waals surface area contributed by atoms with E-state index < -0.39 is 6.17 Å². The van der Waals surface area contributed by atoms with Gasteiger partial charge in [0.1, 0.15) is 18.8 Å². The van der Waals surface area contributed by atoms with Crippen LogP contribution in [0.1, 0.15) is 24.0 Å². The third kappa shape index (κ3) is 5.15. The van der Waals surface area contributed by atoms with Crippen molar-refractivity contribution in [2.45, 2.75) is 38.0 Å². The van der Waals surface area contributed by atoms with Crippen LogP contribution in [0.2, 0.25) is 0 Å². The number of nitrogens with one attached hydrogen (secondary N) is 1. The van der Waals surface area contributed by atoms with Crippen LogP contribution in [-0.2, 0) is 13.0 Å². The van der Waals surface area contributed by atoms with Crippen molar-refractivity contribution in [3.05, 3.63) is 78.5 Å². The molecule has 1 fully saturated rings. The summed E-state index contributed by atoms with van der Waals surface area (Å²) in [5.41, 5.74) is 4.36. The molecule has 0 aliphatic carbocycles. The van der Waals surface area contributed by atoms with E-state index in [2.05, 4.69) is 68.4 Å². The molecule has 0 unspecified atom stereocenters. The molecule has 1 aliphatic rings. The van der Waals surface area contributed by atoms with Gasteiger partial charge in [-0.25, -0.2) is 4.39 Å². The van der Waals surface area contributed by atoms with E-state index in [0.717, 1.165) is 54.6 Å². The fraction of sp³-hybridized carbons (Fsp3) is 0.385. The average molecular weight is 447 g/mol. The highest BCUT2D eigenvalue weighted by Gasteiger charge is 2.24. The number of aromatic nitrogens is 4. The van der Waals surface area contributed by atoms with Crippen molar-refractivity contribution in [1.29, 1.82) is 0 Å². The van der Waals surface area contributed by atoms with Gasteiger partial charge < -0.3 is 9.88 Å². The van der Waals surface area contributed by atoms with E-state index in [4.69, 9.17) is 0 Å². The maximum atomic E-state index is 15.1. The molecule has 0 bridgehead atoms. The summed E-state index contributed by atoms with van der Waals surface area (Å²) in [6.45, 7) is 3.37. The number of aromatic amines is 1. The normalized spacial score (nSPS) is 16.6. The van der Waals surface area contributed by atoms with E-state index in [1.807, 2.05) is 22.9 Å². The van der Waals surface area contributed by atoms with Gasteiger partial charge >= 0.3 is 0 Å². The summed E-state index contributed by atoms with van der Waals surface area (Å²) >= 11 is 0. The molecule has 33 heavy (non-hydrogen) atoms. The minimum Gasteiger partial charge on any atom is -0.361 e. The van der Waals surface area contributed by atoms with Crippen molar-refractivity contribution in [3.8, 4) is 5.69 Å². The molecular formula is C26H31FN6. The third-order valence-corrected chi connectivity index (χ3v) is 6.82. The van der Waals surface area contributed by atoms with Gasteiger partial charge in [-0.15, -0.1) is 10.2 Å². The zero-order chi connectivity index (χ0) is 22.6. The summed E-state index contributed by atoms with van der Waals surface area (Å²) in [5, 5.41) is 8.81. The van der Waals surface area contributed by atoms with Crippen LogP contribution >= 0.6 is 0 Å². The number of piperidine rings is 1. The lowest BCUT2D eigenvalue weighted by atomic mass is 10.0. The first-order chi connectivity index (χ1) is 16.2. The van der Waals surface area contributed by atoms with Crippen molar-refractivity contribution >= 4 is 10.9 Å². The molecule has 1 saturated heterocycles. The second-order valence-electron chi connectivity index (χ2n) is 9.15. The standard InChI is InChI=1S/C26H31FN6/c1-31(16-20-5-3-2-4-6-20)23-9-11-32(12-10-23)17-22(27)13-21-15-28-26-8-7-24(14-25(21)26)33-18-29-30-19-33/h2-8,14-15,18-19,22-23,28H,9-13,16-17H2,1H3/t22-/m0/s1. The van der Waals surface area contributed by atoms with E-state index in [1.165, 1.54) is 5.56 Å². The Morgan fingerprint density at radius 1 is 1.09 bits per heavy atom. The Kier molecular flexibility index (Phi) is 6.51. The summed E-state index contributed by atoms with van der Waals surface area (Å²) in [4.78, 5) is 8.01. The monoisotopic (exact) mass is 446 g/mol. The molecule has 2 aromatic carbocycles. The Bertz CT molecular complexity index is 1150. The van der Waals surface area contributed by atoms with Gasteiger partial charge in [0.2, 0.25) is 0 Å². The zero-order valence-electron chi connectivity index (χ0n) is 19.1. The first-order valence-corrected chi connectivity index (χ1v) is 11.7. The van der Waals surface area contributed by atoms with Gasteiger partial charge in [0.25, 0.3) is 0 Å². The maximum Gasteiger partial charge on any atom is 0.123 e. The molecular weight excluding hydrogens is 415 g/mol. The minimum atomic E-state index is -0.888. The third-order valence-electron chi connectivity index (χ3n) is 6.82. The van der Waals surface area contributed by atoms with Crippen LogP contribution in [0.5, 0.6) is 0 Å². The Morgan fingerprint density at radius 3 is 2.61 bits per heavy atom. The van der Waals surface area contributed by atoms with Crippen LogP contribution in [0.4, 0.5) is 4.39 Å². The highest BCUT2D eigenvalue weighted by molar-refractivity contribution is 5.85. The molecule has 172 valence electrons. The molecule has 5 rings (SSSR count). The summed E-state index contributed by atoms with van der Waals surface area (Å²) in [5.74, 6) is 0. The number of hydrogen-bond acceptors (Lipinski definition) is 4. The first kappa shape index (κ1) is 21.8. The summed E-state index contributed by atoms with van der Waals surface area (Å²) in [6, 6.07) is 17.3. The predicted octanol–water partition coefficient (Wildman–Crippen LogP) is 4.23. The Labute approximate surface area is 194 Å². The SMILES string of the molecule is CN(Cc1ccccc1)C1CCN(C[C@@H](F)Cc2c[nH]c3ccc(-n4cnnc4)cc23)CC1. The van der Waals surface area contributed by atoms with Gasteiger partial charge in [0.05, 0.1) is 0 Å². The maximum absolute atomic E-state index is 15.1. The minimum absolute atomic E-state index is 0.416. The number of halogens is 1. The van der Waals surface area contributed by atoms with E-state index in [0.29, 0.717) is 19.0 Å². The average Bonchev–Trinajstić information content (AvgIpc) is 3.50. The molecule has 2 aromatic heterocycles. The number of benzene rings is 2. The van der Waals surface area contributed by atoms with Crippen LogP contribution in [0.3, 0.4) is 0 Å². The van der Waals surface area contributed by atoms with Gasteiger partial charge in [0.15, 0.2) is 0 Å². The van der Waals surface area contributed by atoms with Gasteiger partial charge in [-0.3, -0.25) is 9.47 Å². The number of rotatable bonds is 8. The van der Waals surface area contributed by atoms with Crippen LogP contribution < -0.4 is 0 Å². The molecule has 6 nitrogen and oxygen atoms in total. The number of H-pyrrole nitrogens is 1. The molecule has 1 N–H and O–H groups in total. The molecule has 0 saturated carbocycles. The fourth-order valence-corrected chi connectivity index (χ4v) is 4.96. The van der Waals surface area contributed by atoms with Crippen LogP contribution in [-0.4, -0.2) is 68.4 Å². The molecule has 0 amide bonds. The largest absolute Gasteiger partial charge is 0.361 e. The van der Waals surface area contributed by atoms with Crippen molar-refractivity contribution in [2.24, 2.45) is 0 Å². The summed E-state index contributed by atoms with van der Waals surface area (Å²) in [6.07, 6.45) is 6.99. The van der Waals surface area contributed by atoms with E-state index in [-0.39, 0.29) is 0 Å². The number of likely N-dealkylation sites (tertiary alicyclic amines) is 1. The second kappa shape index (κ2) is 9.85. The molecule has 3 heterocycles. The van der Waals surface area contributed by atoms with E-state index in [9.17, 15) is 0 Å². The smallest absolute Gasteiger partial charge is 0.123 e. The molecule has 1 aliphatic heterocycles. The Hall–Kier alpha value is -3.03. The number of fused-ring (bicyclic) bond motifs is 1. The van der Waals surface area contributed by atoms with E-state index in [1.54, 1.807) is 12.7 Å².